The lowest BCUT2D eigenvalue weighted by Gasteiger charge is -2.33. The monoisotopic (exact) mass is 189 g/mol. The van der Waals surface area contributed by atoms with Crippen molar-refractivity contribution in [2.75, 3.05) is 20.8 Å². The minimum atomic E-state index is -0.191. The molecule has 1 atom stereocenters. The predicted octanol–water partition coefficient (Wildman–Crippen LogP) is 1.42. The molecule has 0 aliphatic rings. The van der Waals surface area contributed by atoms with Gasteiger partial charge in [-0.1, -0.05) is 0 Å². The van der Waals surface area contributed by atoms with Crippen LogP contribution in [0.2, 0.25) is 0 Å². The van der Waals surface area contributed by atoms with E-state index in [9.17, 15) is 0 Å². The summed E-state index contributed by atoms with van der Waals surface area (Å²) in [7, 11) is 3.65. The van der Waals surface area contributed by atoms with Crippen molar-refractivity contribution in [1.29, 1.82) is 0 Å². The van der Waals surface area contributed by atoms with Crippen LogP contribution in [0.5, 0.6) is 0 Å². The van der Waals surface area contributed by atoms with Gasteiger partial charge in [-0.3, -0.25) is 0 Å². The van der Waals surface area contributed by atoms with Crippen molar-refractivity contribution in [3.63, 3.8) is 0 Å². The Labute approximate surface area is 81.8 Å². The molecule has 0 rings (SSSR count). The second kappa shape index (κ2) is 5.58. The molecule has 0 aliphatic carbocycles. The quantitative estimate of drug-likeness (QED) is 0.685. The Kier molecular flexibility index (Phi) is 5.53. The summed E-state index contributed by atoms with van der Waals surface area (Å²) >= 11 is 0. The molecule has 0 heterocycles. The lowest BCUT2D eigenvalue weighted by atomic mass is 9.99. The van der Waals surface area contributed by atoms with Crippen molar-refractivity contribution in [3.05, 3.63) is 0 Å². The van der Waals surface area contributed by atoms with Crippen LogP contribution in [0.4, 0.5) is 0 Å². The summed E-state index contributed by atoms with van der Waals surface area (Å²) in [4.78, 5) is 0. The molecular formula is C10H23NO2. The normalized spacial score (nSPS) is 15.0. The molecule has 0 aromatic heterocycles. The first-order valence-electron chi connectivity index (χ1n) is 4.78. The van der Waals surface area contributed by atoms with E-state index in [1.54, 1.807) is 7.11 Å². The van der Waals surface area contributed by atoms with Crippen molar-refractivity contribution in [2.24, 2.45) is 0 Å². The fourth-order valence-corrected chi connectivity index (χ4v) is 1.06. The molecule has 1 N–H and O–H groups in total. The molecule has 0 aliphatic heterocycles. The van der Waals surface area contributed by atoms with Crippen molar-refractivity contribution in [2.45, 2.75) is 45.4 Å². The van der Waals surface area contributed by atoms with Gasteiger partial charge in [0.15, 0.2) is 0 Å². The molecule has 0 aromatic rings. The van der Waals surface area contributed by atoms with Crippen LogP contribution in [0.3, 0.4) is 0 Å². The Morgan fingerprint density at radius 2 is 1.85 bits per heavy atom. The summed E-state index contributed by atoms with van der Waals surface area (Å²) in [6.45, 7) is 8.85. The first kappa shape index (κ1) is 12.9. The zero-order chi connectivity index (χ0) is 10.5. The number of likely N-dealkylation sites (N-methyl/N-ethyl adjacent to an activating group) is 1. The molecule has 0 bridgehead atoms. The van der Waals surface area contributed by atoms with Gasteiger partial charge in [0.05, 0.1) is 24.4 Å². The van der Waals surface area contributed by atoms with Gasteiger partial charge < -0.3 is 14.8 Å². The molecule has 1 unspecified atom stereocenters. The van der Waals surface area contributed by atoms with Gasteiger partial charge in [0.1, 0.15) is 0 Å². The van der Waals surface area contributed by atoms with Crippen LogP contribution >= 0.6 is 0 Å². The first-order chi connectivity index (χ1) is 5.94. The average molecular weight is 189 g/mol. The molecule has 0 spiro atoms. The van der Waals surface area contributed by atoms with Crippen molar-refractivity contribution >= 4 is 0 Å². The van der Waals surface area contributed by atoms with Crippen LogP contribution in [0.25, 0.3) is 0 Å². The van der Waals surface area contributed by atoms with E-state index in [0.29, 0.717) is 6.61 Å². The van der Waals surface area contributed by atoms with Crippen LogP contribution in [-0.4, -0.2) is 38.5 Å². The van der Waals surface area contributed by atoms with Gasteiger partial charge in [0, 0.05) is 7.11 Å². The highest BCUT2D eigenvalue weighted by atomic mass is 16.5. The molecule has 0 saturated heterocycles. The molecular weight excluding hydrogens is 166 g/mol. The van der Waals surface area contributed by atoms with E-state index in [4.69, 9.17) is 9.47 Å². The third-order valence-corrected chi connectivity index (χ3v) is 2.31. The number of ether oxygens (including phenoxy) is 2. The summed E-state index contributed by atoms with van der Waals surface area (Å²) in [5.74, 6) is 0. The highest BCUT2D eigenvalue weighted by Crippen LogP contribution is 2.14. The molecule has 13 heavy (non-hydrogen) atoms. The molecule has 3 heteroatoms. The number of rotatable bonds is 6. The lowest BCUT2D eigenvalue weighted by Crippen LogP contribution is -2.49. The van der Waals surface area contributed by atoms with E-state index in [2.05, 4.69) is 19.2 Å². The molecule has 3 nitrogen and oxygen atoms in total. The van der Waals surface area contributed by atoms with Gasteiger partial charge in [0.2, 0.25) is 0 Å². The van der Waals surface area contributed by atoms with Gasteiger partial charge >= 0.3 is 0 Å². The van der Waals surface area contributed by atoms with Crippen molar-refractivity contribution in [3.8, 4) is 0 Å². The average Bonchev–Trinajstić information content (AvgIpc) is 2.04. The van der Waals surface area contributed by atoms with E-state index in [1.807, 2.05) is 20.9 Å². The number of methoxy groups -OCH3 is 1. The topological polar surface area (TPSA) is 30.5 Å². The van der Waals surface area contributed by atoms with E-state index in [1.165, 1.54) is 0 Å². The summed E-state index contributed by atoms with van der Waals surface area (Å²) in [5.41, 5.74) is -0.191. The van der Waals surface area contributed by atoms with Crippen LogP contribution in [-0.2, 0) is 9.47 Å². The molecule has 0 saturated carbocycles. The third-order valence-electron chi connectivity index (χ3n) is 2.31. The Hall–Kier alpha value is -0.120. The van der Waals surface area contributed by atoms with E-state index in [0.717, 1.165) is 0 Å². The first-order valence-corrected chi connectivity index (χ1v) is 4.78. The van der Waals surface area contributed by atoms with Crippen LogP contribution in [0.15, 0.2) is 0 Å². The smallest absolute Gasteiger partial charge is 0.0797 e. The second-order valence-electron chi connectivity index (χ2n) is 4.03. The largest absolute Gasteiger partial charge is 0.377 e. The van der Waals surface area contributed by atoms with Crippen LogP contribution < -0.4 is 5.32 Å². The molecule has 0 radical (unpaired) electrons. The van der Waals surface area contributed by atoms with Gasteiger partial charge in [-0.25, -0.2) is 0 Å². The maximum atomic E-state index is 5.54. The number of hydrogen-bond donors (Lipinski definition) is 1. The summed E-state index contributed by atoms with van der Waals surface area (Å²) < 4.78 is 10.9. The highest BCUT2D eigenvalue weighted by Gasteiger charge is 2.28. The molecule has 0 fully saturated rings. The molecule has 80 valence electrons. The minimum Gasteiger partial charge on any atom is -0.377 e. The number of hydrogen-bond acceptors (Lipinski definition) is 3. The van der Waals surface area contributed by atoms with Crippen molar-refractivity contribution < 1.29 is 9.47 Å². The second-order valence-corrected chi connectivity index (χ2v) is 4.03. The van der Waals surface area contributed by atoms with Gasteiger partial charge in [-0.2, -0.15) is 0 Å². The Morgan fingerprint density at radius 3 is 2.15 bits per heavy atom. The standard InChI is InChI=1S/C10H23NO2/c1-8(2)13-7-9(11-5)10(3,4)12-6/h8-9,11H,7H2,1-6H3. The Morgan fingerprint density at radius 1 is 1.31 bits per heavy atom. The lowest BCUT2D eigenvalue weighted by molar-refractivity contribution is -0.0462. The maximum absolute atomic E-state index is 5.54. The third kappa shape index (κ3) is 4.60. The Balaban J connectivity index is 4.02. The van der Waals surface area contributed by atoms with Crippen molar-refractivity contribution in [1.82, 2.24) is 5.32 Å². The summed E-state index contributed by atoms with van der Waals surface area (Å²) in [6, 6.07) is 0.222. The minimum absolute atomic E-state index is 0.191. The van der Waals surface area contributed by atoms with E-state index >= 15 is 0 Å². The van der Waals surface area contributed by atoms with E-state index < -0.39 is 0 Å². The van der Waals surface area contributed by atoms with Crippen LogP contribution in [0, 0.1) is 0 Å². The van der Waals surface area contributed by atoms with Gasteiger partial charge in [-0.15, -0.1) is 0 Å². The summed E-state index contributed by atoms with van der Waals surface area (Å²) in [6.07, 6.45) is 0.267. The molecule has 0 aromatic carbocycles. The maximum Gasteiger partial charge on any atom is 0.0797 e. The highest BCUT2D eigenvalue weighted by molar-refractivity contribution is 4.84. The van der Waals surface area contributed by atoms with Gasteiger partial charge in [-0.05, 0) is 34.7 Å². The number of nitrogens with one attached hydrogen (secondary N) is 1. The Bertz CT molecular complexity index is 135. The zero-order valence-corrected chi connectivity index (χ0v) is 9.68. The van der Waals surface area contributed by atoms with E-state index in [-0.39, 0.29) is 17.7 Å². The predicted molar refractivity (Wildman–Crippen MR) is 55.0 cm³/mol. The molecule has 0 amide bonds. The van der Waals surface area contributed by atoms with Gasteiger partial charge in [0.25, 0.3) is 0 Å². The summed E-state index contributed by atoms with van der Waals surface area (Å²) in [5, 5.41) is 3.20. The fourth-order valence-electron chi connectivity index (χ4n) is 1.06. The fraction of sp³-hybridized carbons (Fsp3) is 1.00. The van der Waals surface area contributed by atoms with Crippen LogP contribution in [0.1, 0.15) is 27.7 Å². The zero-order valence-electron chi connectivity index (χ0n) is 9.68. The SMILES string of the molecule is CNC(COC(C)C)C(C)(C)OC.